The van der Waals surface area contributed by atoms with Gasteiger partial charge in [0.05, 0.1) is 0 Å². The van der Waals surface area contributed by atoms with Gasteiger partial charge in [-0.25, -0.2) is 0 Å². The number of aryl methyl sites for hydroxylation is 6. The van der Waals surface area contributed by atoms with Crippen molar-refractivity contribution in [3.05, 3.63) is 58.2 Å². The van der Waals surface area contributed by atoms with Gasteiger partial charge in [-0.2, -0.15) is 0 Å². The molecule has 2 aromatic rings. The lowest BCUT2D eigenvalue weighted by Gasteiger charge is -2.16. The van der Waals surface area contributed by atoms with E-state index in [2.05, 4.69) is 29.6 Å². The van der Waals surface area contributed by atoms with Crippen molar-refractivity contribution in [2.24, 2.45) is 11.8 Å². The van der Waals surface area contributed by atoms with E-state index in [4.69, 9.17) is 9.97 Å². The molecule has 1 saturated carbocycles. The number of hydrogen-bond donors (Lipinski definition) is 1. The van der Waals surface area contributed by atoms with Gasteiger partial charge < -0.3 is 5.32 Å². The maximum atomic E-state index is 4.87. The highest BCUT2D eigenvalue weighted by Gasteiger charge is 2.17. The summed E-state index contributed by atoms with van der Waals surface area (Å²) in [6, 6.07) is 9.20. The molecule has 3 nitrogen and oxygen atoms in total. The van der Waals surface area contributed by atoms with Gasteiger partial charge in [0.2, 0.25) is 0 Å². The Labute approximate surface area is 227 Å². The Morgan fingerprint density at radius 2 is 1.17 bits per heavy atom. The zero-order valence-corrected chi connectivity index (χ0v) is 22.5. The number of nitrogens with zero attached hydrogens (tertiary/aromatic N) is 2. The lowest BCUT2D eigenvalue weighted by Crippen LogP contribution is -2.11. The van der Waals surface area contributed by atoms with Crippen LogP contribution in [0.25, 0.3) is 0 Å². The largest absolute Gasteiger partial charge is 0.316 e. The minimum absolute atomic E-state index is 0. The first-order valence-electron chi connectivity index (χ1n) is 14.5. The third-order valence-electron chi connectivity index (χ3n) is 8.73. The molecule has 1 atom stereocenters. The normalized spacial score (nSPS) is 20.8. The Balaban J connectivity index is 0.000000190. The summed E-state index contributed by atoms with van der Waals surface area (Å²) in [4.78, 5) is 9.73. The number of fused-ring (bicyclic) bond motifs is 2. The smallest absolute Gasteiger partial charge is 0.0438 e. The second-order valence-electron chi connectivity index (χ2n) is 11.3. The lowest BCUT2D eigenvalue weighted by molar-refractivity contribution is 0.499. The van der Waals surface area contributed by atoms with E-state index in [1.54, 1.807) is 0 Å². The summed E-state index contributed by atoms with van der Waals surface area (Å²) in [6.07, 6.45) is 22.5. The fraction of sp³-hybridized carbons (Fsp3) is 0.688. The first-order chi connectivity index (χ1) is 16.8. The Hall–Kier alpha value is -1.45. The third-order valence-corrected chi connectivity index (χ3v) is 8.73. The summed E-state index contributed by atoms with van der Waals surface area (Å²) in [5.41, 5.74) is 8.47. The van der Waals surface area contributed by atoms with Gasteiger partial charge in [0, 0.05) is 22.8 Å². The first-order valence-corrected chi connectivity index (χ1v) is 14.5. The van der Waals surface area contributed by atoms with Crippen molar-refractivity contribution in [3.63, 3.8) is 0 Å². The van der Waals surface area contributed by atoms with E-state index in [9.17, 15) is 0 Å². The quantitative estimate of drug-likeness (QED) is 0.432. The zero-order chi connectivity index (χ0) is 23.0. The van der Waals surface area contributed by atoms with E-state index in [1.807, 2.05) is 0 Å². The van der Waals surface area contributed by atoms with Crippen LogP contribution >= 0.6 is 12.4 Å². The molecule has 6 rings (SSSR count). The van der Waals surface area contributed by atoms with Crippen molar-refractivity contribution >= 4 is 12.4 Å². The SMILES string of the molecule is C.Cl.c1cc2c(nc1CCC1CCCC1)CCCC2.c1cc2c(nc1CC[C@@H]1CCNC1)CCCC2. The predicted molar refractivity (Wildman–Crippen MR) is 155 cm³/mol. The highest BCUT2D eigenvalue weighted by Crippen LogP contribution is 2.29. The number of pyridine rings is 2. The second-order valence-corrected chi connectivity index (χ2v) is 11.3. The van der Waals surface area contributed by atoms with Crippen LogP contribution < -0.4 is 5.32 Å². The van der Waals surface area contributed by atoms with Gasteiger partial charge in [-0.15, -0.1) is 12.4 Å². The molecule has 0 amide bonds. The predicted octanol–water partition coefficient (Wildman–Crippen LogP) is 7.64. The first kappa shape index (κ1) is 29.1. The minimum atomic E-state index is 0. The van der Waals surface area contributed by atoms with Gasteiger partial charge in [-0.3, -0.25) is 9.97 Å². The molecule has 1 aliphatic heterocycles. The highest BCUT2D eigenvalue weighted by molar-refractivity contribution is 5.85. The van der Waals surface area contributed by atoms with Gasteiger partial charge in [-0.1, -0.05) is 45.2 Å². The maximum Gasteiger partial charge on any atom is 0.0438 e. The summed E-state index contributed by atoms with van der Waals surface area (Å²) in [5.74, 6) is 1.88. The van der Waals surface area contributed by atoms with E-state index in [-0.39, 0.29) is 19.8 Å². The van der Waals surface area contributed by atoms with Crippen LogP contribution in [0.2, 0.25) is 0 Å². The van der Waals surface area contributed by atoms with Crippen molar-refractivity contribution in [1.82, 2.24) is 15.3 Å². The molecule has 0 radical (unpaired) electrons. The molecule has 4 heteroatoms. The van der Waals surface area contributed by atoms with Crippen LogP contribution in [0.4, 0.5) is 0 Å². The minimum Gasteiger partial charge on any atom is -0.316 e. The summed E-state index contributed by atoms with van der Waals surface area (Å²) in [5, 5.41) is 3.44. The van der Waals surface area contributed by atoms with Crippen LogP contribution in [0.3, 0.4) is 0 Å². The molecule has 2 aromatic heterocycles. The molecule has 1 saturated heterocycles. The molecule has 36 heavy (non-hydrogen) atoms. The third kappa shape index (κ3) is 8.28. The number of nitrogens with one attached hydrogen (secondary N) is 1. The molecule has 4 aliphatic rings. The van der Waals surface area contributed by atoms with E-state index >= 15 is 0 Å². The number of rotatable bonds is 6. The molecule has 3 aliphatic carbocycles. The molecule has 2 fully saturated rings. The lowest BCUT2D eigenvalue weighted by atomic mass is 9.94. The van der Waals surface area contributed by atoms with Gasteiger partial charge in [-0.05, 0) is 132 Å². The van der Waals surface area contributed by atoms with E-state index in [0.717, 1.165) is 11.8 Å². The Morgan fingerprint density at radius 3 is 1.69 bits per heavy atom. The summed E-state index contributed by atoms with van der Waals surface area (Å²) >= 11 is 0. The van der Waals surface area contributed by atoms with Crippen LogP contribution in [0, 0.1) is 11.8 Å². The monoisotopic (exact) mass is 511 g/mol. The Morgan fingerprint density at radius 1 is 0.639 bits per heavy atom. The second kappa shape index (κ2) is 15.1. The fourth-order valence-electron chi connectivity index (χ4n) is 6.50. The van der Waals surface area contributed by atoms with E-state index < -0.39 is 0 Å². The van der Waals surface area contributed by atoms with Gasteiger partial charge in [0.1, 0.15) is 0 Å². The zero-order valence-electron chi connectivity index (χ0n) is 21.7. The summed E-state index contributed by atoms with van der Waals surface area (Å²) in [6.45, 7) is 2.42. The molecular weight excluding hydrogens is 462 g/mol. The molecule has 0 spiro atoms. The molecule has 0 unspecified atom stereocenters. The molecular formula is C32H50ClN3. The number of halogens is 1. The molecule has 0 bridgehead atoms. The van der Waals surface area contributed by atoms with Crippen molar-refractivity contribution in [3.8, 4) is 0 Å². The maximum absolute atomic E-state index is 4.87. The van der Waals surface area contributed by atoms with E-state index in [0.29, 0.717) is 0 Å². The molecule has 1 N–H and O–H groups in total. The van der Waals surface area contributed by atoms with Crippen LogP contribution in [0.1, 0.15) is 112 Å². The van der Waals surface area contributed by atoms with Crippen molar-refractivity contribution in [2.75, 3.05) is 13.1 Å². The average molecular weight is 512 g/mol. The molecule has 0 aromatic carbocycles. The molecule has 200 valence electrons. The van der Waals surface area contributed by atoms with Crippen LogP contribution in [0.15, 0.2) is 24.3 Å². The number of hydrogen-bond acceptors (Lipinski definition) is 3. The van der Waals surface area contributed by atoms with Crippen molar-refractivity contribution in [2.45, 2.75) is 117 Å². The Bertz CT molecular complexity index is 840. The van der Waals surface area contributed by atoms with Crippen molar-refractivity contribution in [1.29, 1.82) is 0 Å². The van der Waals surface area contributed by atoms with E-state index in [1.165, 1.54) is 156 Å². The highest BCUT2D eigenvalue weighted by atomic mass is 35.5. The molecule has 3 heterocycles. The number of aromatic nitrogens is 2. The summed E-state index contributed by atoms with van der Waals surface area (Å²) < 4.78 is 0. The van der Waals surface area contributed by atoms with Gasteiger partial charge >= 0.3 is 0 Å². The average Bonchev–Trinajstić information content (AvgIpc) is 3.61. The topological polar surface area (TPSA) is 37.8 Å². The summed E-state index contributed by atoms with van der Waals surface area (Å²) in [7, 11) is 0. The van der Waals surface area contributed by atoms with Crippen LogP contribution in [0.5, 0.6) is 0 Å². The van der Waals surface area contributed by atoms with Gasteiger partial charge in [0.25, 0.3) is 0 Å². The van der Waals surface area contributed by atoms with Crippen molar-refractivity contribution < 1.29 is 0 Å². The van der Waals surface area contributed by atoms with Crippen LogP contribution in [-0.4, -0.2) is 23.1 Å². The fourth-order valence-corrected chi connectivity index (χ4v) is 6.50. The van der Waals surface area contributed by atoms with Crippen LogP contribution in [-0.2, 0) is 38.5 Å². The van der Waals surface area contributed by atoms with Gasteiger partial charge in [0.15, 0.2) is 0 Å². The Kier molecular flexibility index (Phi) is 12.2. The standard InChI is InChI=1S/C16H23N.C15H22N2.CH4.ClH/c1-2-6-13(5-1)9-11-15-12-10-14-7-3-4-8-16(14)17-15;1-2-4-15-13(3-1)6-8-14(17-15)7-5-12-9-10-16-11-12;;/h10,12-13H,1-9,11H2;6,8,12,16H,1-5,7,9-11H2;1H4;1H/t;12-;;/m.1../s1.